The van der Waals surface area contributed by atoms with Crippen molar-refractivity contribution in [2.24, 2.45) is 4.99 Å². The summed E-state index contributed by atoms with van der Waals surface area (Å²) < 4.78 is 16.3. The van der Waals surface area contributed by atoms with E-state index in [2.05, 4.69) is 58.6 Å². The maximum Gasteiger partial charge on any atom is 0.203 e. The van der Waals surface area contributed by atoms with Gasteiger partial charge >= 0.3 is 0 Å². The fraction of sp³-hybridized carbons (Fsp3) is 0.458. The molecule has 0 heterocycles. The van der Waals surface area contributed by atoms with Gasteiger partial charge in [0.25, 0.3) is 0 Å². The lowest BCUT2D eigenvalue weighted by molar-refractivity contribution is 0.295. The van der Waals surface area contributed by atoms with E-state index in [0.29, 0.717) is 30.3 Å². The number of aliphatic imine (C=N–C) groups is 1. The first-order valence-corrected chi connectivity index (χ1v) is 10.6. The molecular weight excluding hydrogens is 392 g/mol. The van der Waals surface area contributed by atoms with Crippen LogP contribution in [0, 0.1) is 0 Å². The van der Waals surface area contributed by atoms with Crippen LogP contribution in [0.4, 0.5) is 0 Å². The van der Waals surface area contributed by atoms with Gasteiger partial charge in [0.05, 0.1) is 21.3 Å². The highest BCUT2D eigenvalue weighted by Gasteiger charge is 2.13. The standard InChI is InChI=1S/C24H36N4O3/c1-7-28(8-2)17-20-12-10-9-11-19(20)16-27-24(25-3)26-15-18-13-21(29-4)23(31-6)22(14-18)30-5/h9-14H,7-8,15-17H2,1-6H3,(H2,25,26,27). The van der Waals surface area contributed by atoms with Crippen molar-refractivity contribution in [3.8, 4) is 17.2 Å². The Morgan fingerprint density at radius 2 is 1.45 bits per heavy atom. The Labute approximate surface area is 186 Å². The summed E-state index contributed by atoms with van der Waals surface area (Å²) in [4.78, 5) is 6.77. The molecule has 0 amide bonds. The molecule has 170 valence electrons. The van der Waals surface area contributed by atoms with Gasteiger partial charge in [-0.1, -0.05) is 38.1 Å². The Morgan fingerprint density at radius 3 is 1.97 bits per heavy atom. The van der Waals surface area contributed by atoms with E-state index in [9.17, 15) is 0 Å². The average Bonchev–Trinajstić information content (AvgIpc) is 2.82. The topological polar surface area (TPSA) is 67.4 Å². The minimum Gasteiger partial charge on any atom is -0.493 e. The zero-order chi connectivity index (χ0) is 22.6. The molecule has 0 saturated carbocycles. The lowest BCUT2D eigenvalue weighted by atomic mass is 10.1. The van der Waals surface area contributed by atoms with Gasteiger partial charge in [-0.2, -0.15) is 0 Å². The molecule has 0 saturated heterocycles. The molecule has 0 aliphatic carbocycles. The van der Waals surface area contributed by atoms with Crippen molar-refractivity contribution in [3.05, 3.63) is 53.1 Å². The van der Waals surface area contributed by atoms with E-state index in [4.69, 9.17) is 14.2 Å². The quantitative estimate of drug-likeness (QED) is 0.422. The highest BCUT2D eigenvalue weighted by atomic mass is 16.5. The van der Waals surface area contributed by atoms with Gasteiger partial charge in [-0.25, -0.2) is 0 Å². The second-order valence-electron chi connectivity index (χ2n) is 7.04. The van der Waals surface area contributed by atoms with Crippen LogP contribution >= 0.6 is 0 Å². The highest BCUT2D eigenvalue weighted by molar-refractivity contribution is 5.79. The Bertz CT molecular complexity index is 825. The van der Waals surface area contributed by atoms with Crippen molar-refractivity contribution in [3.63, 3.8) is 0 Å². The molecule has 0 aromatic heterocycles. The van der Waals surface area contributed by atoms with E-state index in [1.165, 1.54) is 11.1 Å². The van der Waals surface area contributed by atoms with Crippen LogP contribution in [0.2, 0.25) is 0 Å². The van der Waals surface area contributed by atoms with Gasteiger partial charge in [-0.3, -0.25) is 9.89 Å². The van der Waals surface area contributed by atoms with Crippen molar-refractivity contribution in [1.82, 2.24) is 15.5 Å². The maximum atomic E-state index is 5.44. The second kappa shape index (κ2) is 12.7. The molecular formula is C24H36N4O3. The smallest absolute Gasteiger partial charge is 0.203 e. The zero-order valence-electron chi connectivity index (χ0n) is 19.6. The number of benzene rings is 2. The summed E-state index contributed by atoms with van der Waals surface area (Å²) in [6.45, 7) is 8.68. The van der Waals surface area contributed by atoms with Gasteiger partial charge in [0.2, 0.25) is 5.75 Å². The van der Waals surface area contributed by atoms with Crippen molar-refractivity contribution in [2.45, 2.75) is 33.5 Å². The number of hydrogen-bond acceptors (Lipinski definition) is 5. The third kappa shape index (κ3) is 6.79. The molecule has 0 unspecified atom stereocenters. The largest absolute Gasteiger partial charge is 0.493 e. The van der Waals surface area contributed by atoms with E-state index in [1.807, 2.05) is 12.1 Å². The Hall–Kier alpha value is -2.93. The summed E-state index contributed by atoms with van der Waals surface area (Å²) in [6, 6.07) is 12.4. The minimum atomic E-state index is 0.567. The number of guanidine groups is 1. The monoisotopic (exact) mass is 428 g/mol. The van der Waals surface area contributed by atoms with E-state index in [-0.39, 0.29) is 0 Å². The molecule has 7 nitrogen and oxygen atoms in total. The number of ether oxygens (including phenoxy) is 3. The molecule has 7 heteroatoms. The van der Waals surface area contributed by atoms with E-state index in [0.717, 1.165) is 31.2 Å². The first-order valence-electron chi connectivity index (χ1n) is 10.6. The van der Waals surface area contributed by atoms with Gasteiger partial charge in [-0.15, -0.1) is 0 Å². The van der Waals surface area contributed by atoms with E-state index in [1.54, 1.807) is 28.4 Å². The molecule has 0 aliphatic rings. The van der Waals surface area contributed by atoms with Crippen molar-refractivity contribution < 1.29 is 14.2 Å². The third-order valence-electron chi connectivity index (χ3n) is 5.26. The van der Waals surface area contributed by atoms with Crippen molar-refractivity contribution in [1.29, 1.82) is 0 Å². The van der Waals surface area contributed by atoms with Crippen LogP contribution in [-0.4, -0.2) is 52.3 Å². The fourth-order valence-corrected chi connectivity index (χ4v) is 3.40. The second-order valence-corrected chi connectivity index (χ2v) is 7.04. The highest BCUT2D eigenvalue weighted by Crippen LogP contribution is 2.38. The van der Waals surface area contributed by atoms with Crippen LogP contribution in [0.1, 0.15) is 30.5 Å². The van der Waals surface area contributed by atoms with Gasteiger partial charge in [0.1, 0.15) is 0 Å². The molecule has 0 radical (unpaired) electrons. The van der Waals surface area contributed by atoms with Crippen LogP contribution in [0.3, 0.4) is 0 Å². The van der Waals surface area contributed by atoms with Gasteiger partial charge in [0, 0.05) is 26.7 Å². The molecule has 0 spiro atoms. The molecule has 31 heavy (non-hydrogen) atoms. The number of nitrogens with zero attached hydrogens (tertiary/aromatic N) is 2. The number of hydrogen-bond donors (Lipinski definition) is 2. The first kappa shape index (κ1) is 24.3. The molecule has 2 aromatic rings. The normalized spacial score (nSPS) is 11.4. The number of nitrogens with one attached hydrogen (secondary N) is 2. The molecule has 0 bridgehead atoms. The summed E-state index contributed by atoms with van der Waals surface area (Å²) in [7, 11) is 6.60. The predicted molar refractivity (Wildman–Crippen MR) is 126 cm³/mol. The third-order valence-corrected chi connectivity index (χ3v) is 5.26. The summed E-state index contributed by atoms with van der Waals surface area (Å²) in [5, 5.41) is 6.77. The summed E-state index contributed by atoms with van der Waals surface area (Å²) in [5.41, 5.74) is 3.60. The number of methoxy groups -OCH3 is 3. The SMILES string of the molecule is CCN(CC)Cc1ccccc1CNC(=NC)NCc1cc(OC)c(OC)c(OC)c1. The minimum absolute atomic E-state index is 0.567. The summed E-state index contributed by atoms with van der Waals surface area (Å²) >= 11 is 0. The fourth-order valence-electron chi connectivity index (χ4n) is 3.40. The van der Waals surface area contributed by atoms with Crippen LogP contribution in [-0.2, 0) is 19.6 Å². The van der Waals surface area contributed by atoms with E-state index >= 15 is 0 Å². The Kier molecular flexibility index (Phi) is 9.97. The lowest BCUT2D eigenvalue weighted by Crippen LogP contribution is -2.36. The molecule has 0 fully saturated rings. The average molecular weight is 429 g/mol. The predicted octanol–water partition coefficient (Wildman–Crippen LogP) is 3.42. The molecule has 2 N–H and O–H groups in total. The molecule has 0 aliphatic heterocycles. The lowest BCUT2D eigenvalue weighted by Gasteiger charge is -2.21. The molecule has 0 atom stereocenters. The van der Waals surface area contributed by atoms with Crippen LogP contribution in [0.25, 0.3) is 0 Å². The molecule has 2 aromatic carbocycles. The Balaban J connectivity index is 2.03. The van der Waals surface area contributed by atoms with Crippen LogP contribution < -0.4 is 24.8 Å². The summed E-state index contributed by atoms with van der Waals surface area (Å²) in [5.74, 6) is 2.58. The first-order chi connectivity index (χ1) is 15.1. The van der Waals surface area contributed by atoms with Gasteiger partial charge < -0.3 is 24.8 Å². The van der Waals surface area contributed by atoms with Gasteiger partial charge in [0.15, 0.2) is 17.5 Å². The van der Waals surface area contributed by atoms with Crippen molar-refractivity contribution in [2.75, 3.05) is 41.5 Å². The Morgan fingerprint density at radius 1 is 0.871 bits per heavy atom. The number of rotatable bonds is 11. The van der Waals surface area contributed by atoms with Crippen LogP contribution in [0.15, 0.2) is 41.4 Å². The van der Waals surface area contributed by atoms with Crippen LogP contribution in [0.5, 0.6) is 17.2 Å². The summed E-state index contributed by atoms with van der Waals surface area (Å²) in [6.07, 6.45) is 0. The van der Waals surface area contributed by atoms with E-state index < -0.39 is 0 Å². The maximum absolute atomic E-state index is 5.44. The van der Waals surface area contributed by atoms with Gasteiger partial charge in [-0.05, 0) is 41.9 Å². The molecule has 2 rings (SSSR count). The zero-order valence-corrected chi connectivity index (χ0v) is 19.6. The van der Waals surface area contributed by atoms with Crippen molar-refractivity contribution >= 4 is 5.96 Å².